The van der Waals surface area contributed by atoms with Gasteiger partial charge < -0.3 is 19.9 Å². The van der Waals surface area contributed by atoms with E-state index in [1.807, 2.05) is 33.8 Å². The first-order valence-corrected chi connectivity index (χ1v) is 10.4. The molecule has 1 aromatic heterocycles. The van der Waals surface area contributed by atoms with E-state index in [4.69, 9.17) is 4.42 Å². The molecule has 2 aromatic rings. The molecule has 0 bridgehead atoms. The fourth-order valence-electron chi connectivity index (χ4n) is 3.60. The standard InChI is InChI=1S/C24H32FN3O3/c1-13(2)18-10-16(12-26)21(25)20(14(3)4)22(18)28-23(29)27-9-8-17-11-19(15(5)31-17)24(6,7)30/h9-11,13-14,23,28-30H,8H2,1-7H3/b27-9+. The third-order valence-electron chi connectivity index (χ3n) is 5.09. The summed E-state index contributed by atoms with van der Waals surface area (Å²) in [5.74, 6) is 0.475. The van der Waals surface area contributed by atoms with Crippen LogP contribution in [-0.2, 0) is 12.0 Å². The predicted molar refractivity (Wildman–Crippen MR) is 120 cm³/mol. The lowest BCUT2D eigenvalue weighted by atomic mass is 9.90. The van der Waals surface area contributed by atoms with E-state index in [2.05, 4.69) is 10.3 Å². The van der Waals surface area contributed by atoms with Crippen molar-refractivity contribution in [3.63, 3.8) is 0 Å². The zero-order chi connectivity index (χ0) is 23.5. The number of anilines is 1. The summed E-state index contributed by atoms with van der Waals surface area (Å²) in [5, 5.41) is 32.8. The zero-order valence-electron chi connectivity index (χ0n) is 19.2. The molecule has 0 spiro atoms. The molecule has 1 unspecified atom stereocenters. The Bertz CT molecular complexity index is 995. The number of aliphatic hydroxyl groups is 2. The number of aryl methyl sites for hydroxylation is 1. The fourth-order valence-corrected chi connectivity index (χ4v) is 3.60. The molecular formula is C24H32FN3O3. The number of nitrogens with one attached hydrogen (secondary N) is 1. The van der Waals surface area contributed by atoms with Crippen LogP contribution in [-0.4, -0.2) is 22.8 Å². The van der Waals surface area contributed by atoms with E-state index >= 15 is 0 Å². The number of benzene rings is 1. The van der Waals surface area contributed by atoms with Gasteiger partial charge in [0.1, 0.15) is 23.4 Å². The van der Waals surface area contributed by atoms with Crippen LogP contribution in [0.25, 0.3) is 0 Å². The predicted octanol–water partition coefficient (Wildman–Crippen LogP) is 5.07. The van der Waals surface area contributed by atoms with Crippen LogP contribution < -0.4 is 5.32 Å². The second kappa shape index (κ2) is 9.63. The number of furan rings is 1. The lowest BCUT2D eigenvalue weighted by molar-refractivity contribution is 0.0770. The molecule has 168 valence electrons. The van der Waals surface area contributed by atoms with Crippen LogP contribution in [0.2, 0.25) is 0 Å². The van der Waals surface area contributed by atoms with Crippen molar-refractivity contribution in [2.45, 2.75) is 78.7 Å². The van der Waals surface area contributed by atoms with Gasteiger partial charge in [0.15, 0.2) is 0 Å². The van der Waals surface area contributed by atoms with Gasteiger partial charge in [0.2, 0.25) is 6.35 Å². The first-order valence-electron chi connectivity index (χ1n) is 10.4. The normalized spacial score (nSPS) is 13.3. The first-order chi connectivity index (χ1) is 14.4. The lowest BCUT2D eigenvalue weighted by Gasteiger charge is -2.23. The summed E-state index contributed by atoms with van der Waals surface area (Å²) in [7, 11) is 0. The van der Waals surface area contributed by atoms with E-state index in [-0.39, 0.29) is 17.4 Å². The minimum atomic E-state index is -1.30. The molecule has 0 radical (unpaired) electrons. The van der Waals surface area contributed by atoms with Crippen molar-refractivity contribution in [3.8, 4) is 6.07 Å². The van der Waals surface area contributed by atoms with Crippen LogP contribution in [0.5, 0.6) is 0 Å². The van der Waals surface area contributed by atoms with Crippen LogP contribution in [0, 0.1) is 24.1 Å². The summed E-state index contributed by atoms with van der Waals surface area (Å²) in [6.07, 6.45) is 0.534. The monoisotopic (exact) mass is 429 g/mol. The summed E-state index contributed by atoms with van der Waals surface area (Å²) in [5.41, 5.74) is 1.24. The van der Waals surface area contributed by atoms with E-state index in [0.717, 1.165) is 5.56 Å². The maximum absolute atomic E-state index is 14.9. The fraction of sp³-hybridized carbons (Fsp3) is 0.500. The van der Waals surface area contributed by atoms with Gasteiger partial charge in [-0.05, 0) is 50.3 Å². The largest absolute Gasteiger partial charge is 0.466 e. The number of nitriles is 1. The Kier molecular flexibility index (Phi) is 7.63. The highest BCUT2D eigenvalue weighted by Gasteiger charge is 2.24. The van der Waals surface area contributed by atoms with Crippen molar-refractivity contribution in [1.29, 1.82) is 5.26 Å². The van der Waals surface area contributed by atoms with Crippen molar-refractivity contribution in [1.82, 2.24) is 0 Å². The Hall–Kier alpha value is -2.69. The van der Waals surface area contributed by atoms with Gasteiger partial charge in [-0.25, -0.2) is 9.38 Å². The first kappa shape index (κ1) is 24.6. The number of rotatable bonds is 8. The lowest BCUT2D eigenvalue weighted by Crippen LogP contribution is -2.20. The van der Waals surface area contributed by atoms with Gasteiger partial charge >= 0.3 is 0 Å². The average molecular weight is 430 g/mol. The highest BCUT2D eigenvalue weighted by molar-refractivity contribution is 5.65. The van der Waals surface area contributed by atoms with Crippen molar-refractivity contribution >= 4 is 11.9 Å². The number of halogens is 1. The van der Waals surface area contributed by atoms with Crippen molar-refractivity contribution < 1.29 is 19.0 Å². The maximum atomic E-state index is 14.9. The van der Waals surface area contributed by atoms with Gasteiger partial charge in [0, 0.05) is 29.4 Å². The number of aliphatic hydroxyl groups excluding tert-OH is 1. The highest BCUT2D eigenvalue weighted by atomic mass is 19.1. The van der Waals surface area contributed by atoms with Crippen molar-refractivity contribution in [2.24, 2.45) is 4.99 Å². The van der Waals surface area contributed by atoms with Gasteiger partial charge in [-0.15, -0.1) is 0 Å². The second-order valence-electron chi connectivity index (χ2n) is 8.83. The molecule has 0 amide bonds. The Morgan fingerprint density at radius 3 is 2.39 bits per heavy atom. The van der Waals surface area contributed by atoms with Crippen LogP contribution >= 0.6 is 0 Å². The smallest absolute Gasteiger partial charge is 0.222 e. The van der Waals surface area contributed by atoms with Crippen molar-refractivity contribution in [3.05, 3.63) is 51.7 Å². The van der Waals surface area contributed by atoms with Crippen LogP contribution in [0.3, 0.4) is 0 Å². The zero-order valence-corrected chi connectivity index (χ0v) is 19.2. The molecule has 2 rings (SSSR count). The van der Waals surface area contributed by atoms with Gasteiger partial charge in [-0.1, -0.05) is 27.7 Å². The van der Waals surface area contributed by atoms with E-state index in [9.17, 15) is 19.9 Å². The molecule has 1 atom stereocenters. The third kappa shape index (κ3) is 5.72. The Morgan fingerprint density at radius 1 is 1.26 bits per heavy atom. The Labute approximate surface area is 183 Å². The number of aliphatic imine (C=N–C) groups is 1. The SMILES string of the molecule is Cc1oc(C/C=N/C(O)Nc2c(C(C)C)cc(C#N)c(F)c2C(C)C)cc1C(C)(C)O. The summed E-state index contributed by atoms with van der Waals surface area (Å²) < 4.78 is 20.5. The average Bonchev–Trinajstić information content (AvgIpc) is 3.02. The molecule has 1 aromatic carbocycles. The quantitative estimate of drug-likeness (QED) is 0.401. The molecular weight excluding hydrogens is 397 g/mol. The van der Waals surface area contributed by atoms with E-state index in [0.29, 0.717) is 34.8 Å². The maximum Gasteiger partial charge on any atom is 0.222 e. The molecule has 0 aliphatic heterocycles. The number of hydrogen-bond donors (Lipinski definition) is 3. The molecule has 1 heterocycles. The Morgan fingerprint density at radius 2 is 1.90 bits per heavy atom. The van der Waals surface area contributed by atoms with E-state index in [1.165, 1.54) is 12.3 Å². The van der Waals surface area contributed by atoms with Crippen LogP contribution in [0.15, 0.2) is 21.5 Å². The van der Waals surface area contributed by atoms with E-state index < -0.39 is 17.8 Å². The number of hydrogen-bond acceptors (Lipinski definition) is 6. The number of nitrogens with zero attached hydrogens (tertiary/aromatic N) is 2. The molecule has 31 heavy (non-hydrogen) atoms. The molecule has 3 N–H and O–H groups in total. The molecule has 0 aliphatic carbocycles. The molecule has 6 nitrogen and oxygen atoms in total. The van der Waals surface area contributed by atoms with Gasteiger partial charge in [-0.3, -0.25) is 0 Å². The van der Waals surface area contributed by atoms with E-state index in [1.54, 1.807) is 26.8 Å². The summed E-state index contributed by atoms with van der Waals surface area (Å²) in [6.45, 7) is 12.7. The summed E-state index contributed by atoms with van der Waals surface area (Å²) in [6, 6.07) is 5.20. The van der Waals surface area contributed by atoms with Gasteiger partial charge in [0.25, 0.3) is 0 Å². The second-order valence-corrected chi connectivity index (χ2v) is 8.83. The van der Waals surface area contributed by atoms with Crippen LogP contribution in [0.1, 0.15) is 87.2 Å². The summed E-state index contributed by atoms with van der Waals surface area (Å²) in [4.78, 5) is 4.10. The molecule has 0 fully saturated rings. The highest BCUT2D eigenvalue weighted by Crippen LogP contribution is 2.36. The summed E-state index contributed by atoms with van der Waals surface area (Å²) >= 11 is 0. The Balaban J connectivity index is 2.26. The molecule has 7 heteroatoms. The van der Waals surface area contributed by atoms with Gasteiger partial charge in [-0.2, -0.15) is 5.26 Å². The topological polar surface area (TPSA) is 102 Å². The molecule has 0 aliphatic rings. The minimum Gasteiger partial charge on any atom is -0.466 e. The third-order valence-corrected chi connectivity index (χ3v) is 5.09. The minimum absolute atomic E-state index is 0.00765. The van der Waals surface area contributed by atoms with Crippen LogP contribution in [0.4, 0.5) is 10.1 Å². The molecule has 0 saturated heterocycles. The van der Waals surface area contributed by atoms with Crippen molar-refractivity contribution in [2.75, 3.05) is 5.32 Å². The van der Waals surface area contributed by atoms with Gasteiger partial charge in [0.05, 0.1) is 11.2 Å². The molecule has 0 saturated carbocycles.